The van der Waals surface area contributed by atoms with E-state index >= 15 is 0 Å². The van der Waals surface area contributed by atoms with E-state index in [0.29, 0.717) is 41.6 Å². The van der Waals surface area contributed by atoms with Crippen LogP contribution in [0.1, 0.15) is 10.5 Å². The summed E-state index contributed by atoms with van der Waals surface area (Å²) in [6.45, 7) is 1.17. The lowest BCUT2D eigenvalue weighted by Gasteiger charge is -2.13. The summed E-state index contributed by atoms with van der Waals surface area (Å²) in [5, 5.41) is 17.3. The van der Waals surface area contributed by atoms with Crippen LogP contribution in [0.5, 0.6) is 5.75 Å². The smallest absolute Gasteiger partial charge is 0.269 e. The average Bonchev–Trinajstić information content (AvgIpc) is 3.03. The van der Waals surface area contributed by atoms with Gasteiger partial charge < -0.3 is 16.2 Å². The molecule has 0 atom stereocenters. The van der Waals surface area contributed by atoms with Gasteiger partial charge in [-0.3, -0.25) is 9.48 Å². The number of anilines is 1. The molecule has 8 heteroatoms. The lowest BCUT2D eigenvalue weighted by molar-refractivity contribution is 0.0924. The van der Waals surface area contributed by atoms with Gasteiger partial charge in [-0.05, 0) is 24.3 Å². The van der Waals surface area contributed by atoms with E-state index in [0.717, 1.165) is 0 Å². The minimum absolute atomic E-state index is 0.0573. The van der Waals surface area contributed by atoms with Crippen molar-refractivity contribution in [3.8, 4) is 28.5 Å². The van der Waals surface area contributed by atoms with Gasteiger partial charge in [-0.2, -0.15) is 5.10 Å². The lowest BCUT2D eigenvalue weighted by atomic mass is 10.1. The fourth-order valence-corrected chi connectivity index (χ4v) is 2.63. The van der Waals surface area contributed by atoms with E-state index in [9.17, 15) is 9.90 Å². The van der Waals surface area contributed by atoms with Crippen LogP contribution in [-0.2, 0) is 6.54 Å². The summed E-state index contributed by atoms with van der Waals surface area (Å²) in [6, 6.07) is 8.42. The highest BCUT2D eigenvalue weighted by atomic mass is 16.3. The Bertz CT molecular complexity index is 949. The van der Waals surface area contributed by atoms with Crippen molar-refractivity contribution in [3.63, 3.8) is 0 Å². The van der Waals surface area contributed by atoms with E-state index < -0.39 is 0 Å². The largest absolute Gasteiger partial charge is 0.505 e. The molecule has 4 rings (SSSR count). The molecule has 0 unspecified atom stereocenters. The highest BCUT2D eigenvalue weighted by Gasteiger charge is 2.20. The van der Waals surface area contributed by atoms with Crippen LogP contribution < -0.4 is 11.1 Å². The predicted molar refractivity (Wildman–Crippen MR) is 87.1 cm³/mol. The second-order valence-corrected chi connectivity index (χ2v) is 5.40. The Morgan fingerprint density at radius 1 is 1.25 bits per heavy atom. The topological polar surface area (TPSA) is 119 Å². The average molecular weight is 322 g/mol. The van der Waals surface area contributed by atoms with Crippen molar-refractivity contribution >= 4 is 11.6 Å². The van der Waals surface area contributed by atoms with Crippen molar-refractivity contribution in [1.82, 2.24) is 25.1 Å². The number of hydrogen-bond acceptors (Lipinski definition) is 6. The summed E-state index contributed by atoms with van der Waals surface area (Å²) in [6.07, 6.45) is 1.58. The van der Waals surface area contributed by atoms with Gasteiger partial charge in [0.05, 0.1) is 23.5 Å². The van der Waals surface area contributed by atoms with E-state index in [1.54, 1.807) is 41.2 Å². The highest BCUT2D eigenvalue weighted by molar-refractivity contribution is 5.94. The zero-order valence-corrected chi connectivity index (χ0v) is 12.6. The number of rotatable bonds is 2. The van der Waals surface area contributed by atoms with Crippen molar-refractivity contribution in [2.45, 2.75) is 6.54 Å². The van der Waals surface area contributed by atoms with Crippen LogP contribution in [0.4, 0.5) is 5.69 Å². The Balaban J connectivity index is 1.78. The molecule has 0 radical (unpaired) electrons. The third-order valence-electron chi connectivity index (χ3n) is 3.85. The molecule has 1 amide bonds. The van der Waals surface area contributed by atoms with Crippen LogP contribution in [-0.4, -0.2) is 37.3 Å². The number of hydrogen-bond donors (Lipinski definition) is 3. The molecule has 0 fully saturated rings. The number of carbonyl (C=O) groups is 1. The van der Waals surface area contributed by atoms with Gasteiger partial charge >= 0.3 is 0 Å². The molecule has 8 nitrogen and oxygen atoms in total. The van der Waals surface area contributed by atoms with Crippen molar-refractivity contribution in [1.29, 1.82) is 0 Å². The Kier molecular flexibility index (Phi) is 3.16. The minimum Gasteiger partial charge on any atom is -0.505 e. The Morgan fingerprint density at radius 2 is 2.12 bits per heavy atom. The molecule has 3 aromatic rings. The molecule has 120 valence electrons. The van der Waals surface area contributed by atoms with Crippen molar-refractivity contribution in [3.05, 3.63) is 42.2 Å². The number of nitrogens with one attached hydrogen (secondary N) is 1. The maximum Gasteiger partial charge on any atom is 0.269 e. The van der Waals surface area contributed by atoms with Crippen molar-refractivity contribution in [2.75, 3.05) is 12.3 Å². The molecule has 3 heterocycles. The first-order valence-electron chi connectivity index (χ1n) is 7.41. The fraction of sp³-hybridized carbons (Fsp3) is 0.125. The molecule has 0 aliphatic carbocycles. The van der Waals surface area contributed by atoms with Crippen LogP contribution in [0.2, 0.25) is 0 Å². The number of phenolic OH excluding ortho intramolecular Hbond substituents is 1. The van der Waals surface area contributed by atoms with Gasteiger partial charge in [-0.25, -0.2) is 9.97 Å². The van der Waals surface area contributed by atoms with Gasteiger partial charge in [0.1, 0.15) is 17.1 Å². The molecule has 0 bridgehead atoms. The second-order valence-electron chi connectivity index (χ2n) is 5.40. The summed E-state index contributed by atoms with van der Waals surface area (Å²) >= 11 is 0. The number of amides is 1. The number of aromatic hydroxyl groups is 1. The molecular weight excluding hydrogens is 308 g/mol. The number of carbonyl (C=O) groups excluding carboxylic acids is 1. The zero-order chi connectivity index (χ0) is 16.7. The summed E-state index contributed by atoms with van der Waals surface area (Å²) < 4.78 is 1.66. The number of fused-ring (bicyclic) bond motifs is 1. The lowest BCUT2D eigenvalue weighted by Crippen LogP contribution is -2.35. The van der Waals surface area contributed by atoms with Crippen molar-refractivity contribution in [2.24, 2.45) is 0 Å². The number of nitrogen functional groups attached to an aromatic ring is 1. The third kappa shape index (κ3) is 2.24. The second kappa shape index (κ2) is 5.34. The first kappa shape index (κ1) is 14.2. The van der Waals surface area contributed by atoms with Gasteiger partial charge in [-0.1, -0.05) is 6.07 Å². The number of aromatic nitrogens is 4. The molecule has 2 aromatic heterocycles. The minimum atomic E-state index is -0.150. The summed E-state index contributed by atoms with van der Waals surface area (Å²) in [5.74, 6) is 0.133. The first-order chi connectivity index (χ1) is 11.6. The molecule has 4 N–H and O–H groups in total. The highest BCUT2D eigenvalue weighted by Crippen LogP contribution is 2.32. The number of nitrogens with zero attached hydrogens (tertiary/aromatic N) is 4. The van der Waals surface area contributed by atoms with Gasteiger partial charge in [0.25, 0.3) is 5.91 Å². The Morgan fingerprint density at radius 3 is 2.96 bits per heavy atom. The normalized spacial score (nSPS) is 13.4. The van der Waals surface area contributed by atoms with E-state index in [-0.39, 0.29) is 17.3 Å². The Hall–Kier alpha value is -3.42. The van der Waals surface area contributed by atoms with Crippen LogP contribution >= 0.6 is 0 Å². The number of nitrogens with two attached hydrogens (primary N) is 1. The van der Waals surface area contributed by atoms with E-state index in [4.69, 9.17) is 5.73 Å². The molecule has 1 aliphatic heterocycles. The Labute approximate surface area is 137 Å². The van der Waals surface area contributed by atoms with Crippen LogP contribution in [0.15, 0.2) is 36.5 Å². The van der Waals surface area contributed by atoms with E-state index in [1.165, 1.54) is 0 Å². The van der Waals surface area contributed by atoms with Gasteiger partial charge in [0, 0.05) is 12.7 Å². The summed E-state index contributed by atoms with van der Waals surface area (Å²) in [5.41, 5.74) is 8.07. The van der Waals surface area contributed by atoms with E-state index in [1.807, 2.05) is 0 Å². The molecular formula is C16H14N6O2. The van der Waals surface area contributed by atoms with Gasteiger partial charge in [0.15, 0.2) is 5.82 Å². The maximum atomic E-state index is 11.8. The number of para-hydroxylation sites is 1. The molecule has 24 heavy (non-hydrogen) atoms. The van der Waals surface area contributed by atoms with Gasteiger partial charge in [-0.15, -0.1) is 0 Å². The summed E-state index contributed by atoms with van der Waals surface area (Å²) in [7, 11) is 0. The summed E-state index contributed by atoms with van der Waals surface area (Å²) in [4.78, 5) is 20.5. The molecule has 0 saturated carbocycles. The predicted octanol–water partition coefficient (Wildman–Crippen LogP) is 1.04. The van der Waals surface area contributed by atoms with Gasteiger partial charge in [0.2, 0.25) is 0 Å². The fourth-order valence-electron chi connectivity index (χ4n) is 2.63. The van der Waals surface area contributed by atoms with Crippen molar-refractivity contribution < 1.29 is 9.90 Å². The quantitative estimate of drug-likeness (QED) is 0.479. The maximum absolute atomic E-state index is 11.8. The number of phenols is 1. The van der Waals surface area contributed by atoms with Crippen LogP contribution in [0.25, 0.3) is 22.8 Å². The zero-order valence-electron chi connectivity index (χ0n) is 12.6. The number of benzene rings is 1. The van der Waals surface area contributed by atoms with Crippen LogP contribution in [0, 0.1) is 0 Å². The van der Waals surface area contributed by atoms with E-state index in [2.05, 4.69) is 20.4 Å². The molecule has 0 spiro atoms. The monoisotopic (exact) mass is 322 g/mol. The van der Waals surface area contributed by atoms with Crippen LogP contribution in [0.3, 0.4) is 0 Å². The third-order valence-corrected chi connectivity index (χ3v) is 3.85. The SMILES string of the molecule is Nc1cccc(-c2nccc(-c3cc4n(n3)CCNC4=O)n2)c1O. The molecule has 1 aromatic carbocycles. The standard InChI is InChI=1S/C16H14N6O2/c17-10-3-1-2-9(14(10)23)15-18-5-4-11(20-15)12-8-13-16(24)19-6-7-22(13)21-12/h1-5,8,23H,6-7,17H2,(H,19,24). The molecule has 1 aliphatic rings. The first-order valence-corrected chi connectivity index (χ1v) is 7.41. The molecule has 0 saturated heterocycles.